The second-order valence-corrected chi connectivity index (χ2v) is 31.8. The molecule has 15 aromatic rings. The molecule has 3 heterocycles. The fourth-order valence-electron chi connectivity index (χ4n) is 14.4. The highest BCUT2D eigenvalue weighted by Gasteiger charge is 2.47. The first-order valence-corrected chi connectivity index (χ1v) is 33.5. The predicted molar refractivity (Wildman–Crippen MR) is 351 cm³/mol. The number of thiophene rings is 2. The van der Waals surface area contributed by atoms with E-state index in [1.807, 2.05) is 22.7 Å². The van der Waals surface area contributed by atoms with Gasteiger partial charge in [0.1, 0.15) is 0 Å². The normalized spacial score (nSPS) is 13.2. The first kappa shape index (κ1) is 47.3. The minimum atomic E-state index is -3.19. The molecule has 0 radical (unpaired) electrons. The summed E-state index contributed by atoms with van der Waals surface area (Å²) in [4.78, 5) is 0. The minimum absolute atomic E-state index is 0.134. The Morgan fingerprint density at radius 2 is 0.750 bits per heavy atom. The van der Waals surface area contributed by atoms with Crippen molar-refractivity contribution in [3.05, 3.63) is 296 Å². The van der Waals surface area contributed by atoms with Crippen LogP contribution in [0.15, 0.2) is 285 Å². The zero-order chi connectivity index (χ0) is 53.2. The van der Waals surface area contributed by atoms with Crippen LogP contribution in [0.2, 0.25) is 0 Å². The molecular weight excluding hydrogens is 1040 g/mol. The molecule has 12 aromatic carbocycles. The van der Waals surface area contributed by atoms with Crippen molar-refractivity contribution in [3.63, 3.8) is 0 Å². The maximum atomic E-state index is 2.57. The van der Waals surface area contributed by atoms with Gasteiger partial charge in [0.15, 0.2) is 16.1 Å². The van der Waals surface area contributed by atoms with Crippen molar-refractivity contribution < 1.29 is 0 Å². The summed E-state index contributed by atoms with van der Waals surface area (Å²) < 4.78 is 8.00. The number of rotatable bonds is 9. The SMILES string of the molecule is CC1(C)c2ccccc2-c2cc3c4ccccc4n(-c4cccc([Si](c5ccccc5)(c5ccccc5)c5cccc6c5sc5c([Si](c7ccccc7)(c7ccccc7)c7cccc8c7sc7ccccc78)cccc56)c4)c3cc21. The van der Waals surface area contributed by atoms with E-state index in [0.717, 1.165) is 0 Å². The molecule has 0 atom stereocenters. The Balaban J connectivity index is 0.993. The van der Waals surface area contributed by atoms with Gasteiger partial charge in [0.05, 0.1) is 11.0 Å². The molecule has 0 fully saturated rings. The lowest BCUT2D eigenvalue weighted by molar-refractivity contribution is 0.661. The van der Waals surface area contributed by atoms with Crippen molar-refractivity contribution in [2.75, 3.05) is 0 Å². The average Bonchev–Trinajstić information content (AvgIpc) is 4.42. The van der Waals surface area contributed by atoms with Crippen LogP contribution in [0.25, 0.3) is 79.0 Å². The fourth-order valence-corrected chi connectivity index (χ4v) is 28.3. The standard InChI is InChI=1S/C75H53NS2Si2/c1-75(2)64-41-18-15-35-56(64)62-48-63-57-36-16-19-42-66(57)76(67(63)49-65(62)75)50-25-21-34-55(47-50)79(51-26-7-3-8-27-51,52-28-9-4-10-29-52)69-44-23-39-60-61-40-24-46-71(74(61)78-73(60)69)80(53-30-11-5-12-31-53,54-32-13-6-14-33-54)70-45-22-38-59-58-37-17-20-43-68(58)77-72(59)70/h3-49H,1-2H3. The van der Waals surface area contributed by atoms with E-state index in [0.29, 0.717) is 0 Å². The lowest BCUT2D eigenvalue weighted by atomic mass is 9.82. The van der Waals surface area contributed by atoms with E-state index in [-0.39, 0.29) is 5.41 Å². The zero-order valence-electron chi connectivity index (χ0n) is 44.4. The van der Waals surface area contributed by atoms with Gasteiger partial charge in [0.2, 0.25) is 0 Å². The minimum Gasteiger partial charge on any atom is -0.309 e. The number of benzene rings is 12. The molecule has 0 aliphatic heterocycles. The predicted octanol–water partition coefficient (Wildman–Crippen LogP) is 14.6. The molecule has 3 aromatic heterocycles. The highest BCUT2D eigenvalue weighted by Crippen LogP contribution is 2.51. The summed E-state index contributed by atoms with van der Waals surface area (Å²) in [5.41, 5.74) is 8.97. The largest absolute Gasteiger partial charge is 0.309 e. The molecule has 378 valence electrons. The third kappa shape index (κ3) is 6.66. The average molecular weight is 1090 g/mol. The molecule has 80 heavy (non-hydrogen) atoms. The molecule has 5 heteroatoms. The van der Waals surface area contributed by atoms with E-state index >= 15 is 0 Å². The van der Waals surface area contributed by atoms with Crippen molar-refractivity contribution in [2.45, 2.75) is 19.3 Å². The van der Waals surface area contributed by atoms with E-state index < -0.39 is 16.1 Å². The van der Waals surface area contributed by atoms with Crippen LogP contribution in [-0.4, -0.2) is 20.7 Å². The molecular formula is C75H53NS2Si2. The van der Waals surface area contributed by atoms with E-state index in [9.17, 15) is 0 Å². The van der Waals surface area contributed by atoms with Crippen molar-refractivity contribution in [1.29, 1.82) is 0 Å². The number of hydrogen-bond acceptors (Lipinski definition) is 2. The summed E-state index contributed by atoms with van der Waals surface area (Å²) in [6.45, 7) is 4.79. The van der Waals surface area contributed by atoms with Crippen LogP contribution < -0.4 is 41.5 Å². The third-order valence-electron chi connectivity index (χ3n) is 17.9. The summed E-state index contributed by atoms with van der Waals surface area (Å²) in [5.74, 6) is 0. The molecule has 16 rings (SSSR count). The number of para-hydroxylation sites is 1. The number of fused-ring (bicyclic) bond motifs is 12. The third-order valence-corrected chi connectivity index (χ3v) is 30.6. The van der Waals surface area contributed by atoms with E-state index in [4.69, 9.17) is 0 Å². The van der Waals surface area contributed by atoms with Crippen LogP contribution in [0, 0.1) is 0 Å². The number of nitrogens with zero attached hydrogens (tertiary/aromatic N) is 1. The molecule has 1 aliphatic rings. The molecule has 0 saturated carbocycles. The summed E-state index contributed by atoms with van der Waals surface area (Å²) >= 11 is 3.98. The van der Waals surface area contributed by atoms with Crippen LogP contribution in [-0.2, 0) is 5.41 Å². The smallest absolute Gasteiger partial charge is 0.182 e. The van der Waals surface area contributed by atoms with Gasteiger partial charge in [-0.2, -0.15) is 0 Å². The number of hydrogen-bond donors (Lipinski definition) is 0. The fraction of sp³-hybridized carbons (Fsp3) is 0.0400. The van der Waals surface area contributed by atoms with Crippen LogP contribution in [0.5, 0.6) is 0 Å². The second kappa shape index (κ2) is 18.2. The summed E-state index contributed by atoms with van der Waals surface area (Å²) in [7, 11) is -6.29. The highest BCUT2D eigenvalue weighted by molar-refractivity contribution is 7.35. The lowest BCUT2D eigenvalue weighted by Gasteiger charge is -2.35. The maximum Gasteiger partial charge on any atom is 0.182 e. The van der Waals surface area contributed by atoms with Gasteiger partial charge in [0.25, 0.3) is 0 Å². The van der Waals surface area contributed by atoms with Crippen molar-refractivity contribution in [2.24, 2.45) is 0 Å². The van der Waals surface area contributed by atoms with Crippen LogP contribution in [0.3, 0.4) is 0 Å². The molecule has 1 aliphatic carbocycles. The van der Waals surface area contributed by atoms with Gasteiger partial charge in [-0.15, -0.1) is 22.7 Å². The molecule has 0 bridgehead atoms. The van der Waals surface area contributed by atoms with Crippen molar-refractivity contribution in [3.8, 4) is 16.8 Å². The Kier molecular flexibility index (Phi) is 10.8. The Bertz CT molecular complexity index is 4840. The zero-order valence-corrected chi connectivity index (χ0v) is 48.0. The molecule has 0 unspecified atom stereocenters. The summed E-state index contributed by atoms with van der Waals surface area (Å²) in [6, 6.07) is 110. The Hall–Kier alpha value is -8.69. The van der Waals surface area contributed by atoms with Crippen molar-refractivity contribution in [1.82, 2.24) is 4.57 Å². The van der Waals surface area contributed by atoms with E-state index in [2.05, 4.69) is 304 Å². The molecule has 0 N–H and O–H groups in total. The summed E-state index contributed by atoms with van der Waals surface area (Å²) in [6.07, 6.45) is 0. The second-order valence-electron chi connectivity index (χ2n) is 22.2. The maximum absolute atomic E-state index is 3.19. The Morgan fingerprint density at radius 1 is 0.300 bits per heavy atom. The van der Waals surface area contributed by atoms with Crippen molar-refractivity contribution >= 4 is 142 Å². The van der Waals surface area contributed by atoms with Gasteiger partial charge in [-0.05, 0) is 100 Å². The molecule has 0 saturated heterocycles. The van der Waals surface area contributed by atoms with Gasteiger partial charge >= 0.3 is 0 Å². The molecule has 1 nitrogen and oxygen atoms in total. The highest BCUT2D eigenvalue weighted by atomic mass is 32.1. The van der Waals surface area contributed by atoms with Gasteiger partial charge in [-0.3, -0.25) is 0 Å². The van der Waals surface area contributed by atoms with Crippen LogP contribution in [0.1, 0.15) is 25.0 Å². The van der Waals surface area contributed by atoms with Crippen LogP contribution in [0.4, 0.5) is 0 Å². The van der Waals surface area contributed by atoms with E-state index in [1.165, 1.54) is 132 Å². The first-order valence-electron chi connectivity index (χ1n) is 27.8. The molecule has 0 amide bonds. The van der Waals surface area contributed by atoms with Gasteiger partial charge in [-0.1, -0.05) is 263 Å². The Labute approximate surface area is 476 Å². The van der Waals surface area contributed by atoms with Gasteiger partial charge < -0.3 is 4.57 Å². The molecule has 0 spiro atoms. The van der Waals surface area contributed by atoms with Gasteiger partial charge in [-0.25, -0.2) is 0 Å². The van der Waals surface area contributed by atoms with Crippen LogP contribution >= 0.6 is 22.7 Å². The van der Waals surface area contributed by atoms with E-state index in [1.54, 1.807) is 0 Å². The Morgan fingerprint density at radius 3 is 1.36 bits per heavy atom. The van der Waals surface area contributed by atoms with Gasteiger partial charge in [0, 0.05) is 62.2 Å². The monoisotopic (exact) mass is 1090 g/mol. The lowest BCUT2D eigenvalue weighted by Crippen LogP contribution is -2.75. The number of aromatic nitrogens is 1. The quantitative estimate of drug-likeness (QED) is 0.100. The summed E-state index contributed by atoms with van der Waals surface area (Å²) in [5, 5.41) is 19.0. The topological polar surface area (TPSA) is 4.93 Å². The first-order chi connectivity index (χ1) is 39.5.